The van der Waals surface area contributed by atoms with E-state index in [4.69, 9.17) is 42.6 Å². The second-order valence-corrected chi connectivity index (χ2v) is 19.8. The number of rotatable bonds is 27. The summed E-state index contributed by atoms with van der Waals surface area (Å²) in [5, 5.41) is 13.1. The smallest absolute Gasteiger partial charge is 0.193 e. The largest absolute Gasteiger partial charge is 0.506 e. The summed E-state index contributed by atoms with van der Waals surface area (Å²) in [5.41, 5.74) is 7.25. The van der Waals surface area contributed by atoms with Gasteiger partial charge in [0, 0.05) is 6.07 Å². The molecule has 0 aliphatic carbocycles. The number of ketones is 1. The number of carbonyl (C=O) groups is 1. The Kier molecular flexibility index (Phi) is 20.0. The summed E-state index contributed by atoms with van der Waals surface area (Å²) in [5.74, 6) is 0.346. The van der Waals surface area contributed by atoms with E-state index in [1.165, 1.54) is 13.2 Å². The summed E-state index contributed by atoms with van der Waals surface area (Å²) >= 11 is 0. The number of ether oxygens (including phenoxy) is 9. The van der Waals surface area contributed by atoms with E-state index in [0.717, 1.165) is 38.9 Å². The average molecular weight is 1100 g/mol. The molecule has 0 bridgehead atoms. The van der Waals surface area contributed by atoms with Crippen LogP contribution in [0.2, 0.25) is 0 Å². The first-order valence-corrected chi connectivity index (χ1v) is 27.5. The molecule has 10 rings (SSSR count). The monoisotopic (exact) mass is 1090 g/mol. The van der Waals surface area contributed by atoms with Crippen LogP contribution in [-0.4, -0.2) is 49.0 Å². The Morgan fingerprint density at radius 2 is 0.841 bits per heavy atom. The molecule has 11 nitrogen and oxygen atoms in total. The Balaban J connectivity index is 1.06. The van der Waals surface area contributed by atoms with Crippen molar-refractivity contribution in [1.29, 1.82) is 0 Å². The van der Waals surface area contributed by atoms with Crippen LogP contribution < -0.4 is 18.9 Å². The van der Waals surface area contributed by atoms with E-state index in [2.05, 4.69) is 0 Å². The van der Waals surface area contributed by atoms with Gasteiger partial charge in [-0.2, -0.15) is 0 Å². The normalized spacial score (nSPS) is 16.8. The minimum Gasteiger partial charge on any atom is -0.506 e. The Hall–Kier alpha value is -8.81. The minimum absolute atomic E-state index is 0.0600. The van der Waals surface area contributed by atoms with Crippen molar-refractivity contribution in [2.75, 3.05) is 13.7 Å². The van der Waals surface area contributed by atoms with Gasteiger partial charge in [-0.1, -0.05) is 224 Å². The Morgan fingerprint density at radius 1 is 0.439 bits per heavy atom. The predicted octanol–water partition coefficient (Wildman–Crippen LogP) is 14.4. The predicted molar refractivity (Wildman–Crippen MR) is 316 cm³/mol. The van der Waals surface area contributed by atoms with Crippen molar-refractivity contribution in [2.24, 2.45) is 0 Å². The van der Waals surface area contributed by atoms with Gasteiger partial charge in [-0.15, -0.1) is 0 Å². The highest BCUT2D eigenvalue weighted by molar-refractivity contribution is 6.11. The number of methoxy groups -OCH3 is 1. The molecule has 0 aromatic heterocycles. The summed E-state index contributed by atoms with van der Waals surface area (Å²) < 4.78 is 60.3. The van der Waals surface area contributed by atoms with Crippen molar-refractivity contribution in [3.8, 4) is 28.7 Å². The highest BCUT2D eigenvalue weighted by Gasteiger charge is 2.51. The molecule has 1 fully saturated rings. The van der Waals surface area contributed by atoms with E-state index in [9.17, 15) is 5.11 Å². The van der Waals surface area contributed by atoms with Crippen LogP contribution in [0.3, 0.4) is 0 Å². The number of carbonyl (C=O) groups excluding carboxylic acids is 1. The van der Waals surface area contributed by atoms with Gasteiger partial charge >= 0.3 is 0 Å². The number of aromatic hydroxyl groups is 1. The van der Waals surface area contributed by atoms with Crippen LogP contribution in [0.1, 0.15) is 66.5 Å². The number of benzene rings is 9. The number of hydrogen-bond acceptors (Lipinski definition) is 11. The molecular weight excluding hydrogens is 1030 g/mol. The van der Waals surface area contributed by atoms with Crippen molar-refractivity contribution in [3.05, 3.63) is 298 Å². The first-order chi connectivity index (χ1) is 40.5. The topological polar surface area (TPSA) is 120 Å². The maximum atomic E-state index is 15.2. The van der Waals surface area contributed by atoms with Crippen LogP contribution in [0.25, 0.3) is 6.08 Å². The van der Waals surface area contributed by atoms with E-state index in [0.29, 0.717) is 23.7 Å². The van der Waals surface area contributed by atoms with Gasteiger partial charge in [-0.3, -0.25) is 4.79 Å². The van der Waals surface area contributed by atoms with Gasteiger partial charge in [0.1, 0.15) is 73.2 Å². The average Bonchev–Trinajstić information content (AvgIpc) is 3.56. The second kappa shape index (κ2) is 29.1. The molecule has 1 aliphatic rings. The lowest BCUT2D eigenvalue weighted by molar-refractivity contribution is -0.275. The fraction of sp³-hybridized carbons (Fsp3) is 0.197. The van der Waals surface area contributed by atoms with Gasteiger partial charge in [0.15, 0.2) is 17.3 Å². The molecule has 9 aromatic rings. The van der Waals surface area contributed by atoms with E-state index in [1.54, 1.807) is 12.1 Å². The fourth-order valence-corrected chi connectivity index (χ4v) is 9.78. The third-order valence-electron chi connectivity index (χ3n) is 14.0. The number of phenolic OH excluding ortho intramolecular Hbond substituents is 1. The SMILES string of the molecule is COc1cc(OCc2ccccc2)c(C(=O)/C=C\c2ccc(OCc3ccccc3)c(OCc3ccccc3)c2)c(O)c1[C@@H]1O[C@H](COCc2ccccc2)[C@@H](OCc2ccccc2)[C@H](OCc2ccccc2)[C@H]1OCc1ccccc1. The van der Waals surface area contributed by atoms with Crippen molar-refractivity contribution in [2.45, 2.75) is 76.8 Å². The zero-order valence-corrected chi connectivity index (χ0v) is 45.7. The lowest BCUT2D eigenvalue weighted by Gasteiger charge is -2.46. The first-order valence-electron chi connectivity index (χ1n) is 27.5. The zero-order valence-electron chi connectivity index (χ0n) is 45.7. The standard InChI is InChI=1S/C71H66O11/c1-74-62-42-63(78-46-55-29-15-5-16-30-55)65(59(72)39-37-51-38-40-60(76-44-53-25-11-3-12-26-53)61(41-51)77-45-54-27-13-4-14-28-54)67(73)66(62)69-71(81-49-58-35-21-8-22-36-58)70(80-48-57-33-19-7-20-34-57)68(79-47-56-31-17-6-18-32-56)64(82-69)50-75-43-52-23-9-2-10-24-52/h2-42,64,68-71,73H,43-50H2,1H3/b39-37-/t64-,68-,69+,70+,71+/m1/s1. The first kappa shape index (κ1) is 56.5. The highest BCUT2D eigenvalue weighted by Crippen LogP contribution is 2.49. The van der Waals surface area contributed by atoms with Gasteiger partial charge in [0.2, 0.25) is 0 Å². The number of allylic oxidation sites excluding steroid dienone is 1. The summed E-state index contributed by atoms with van der Waals surface area (Å²) in [6.07, 6.45) is -1.50. The molecule has 0 radical (unpaired) electrons. The lowest BCUT2D eigenvalue weighted by atomic mass is 9.87. The maximum Gasteiger partial charge on any atom is 0.193 e. The fourth-order valence-electron chi connectivity index (χ4n) is 9.78. The summed E-state index contributed by atoms with van der Waals surface area (Å²) in [4.78, 5) is 15.2. The van der Waals surface area contributed by atoms with Crippen LogP contribution in [-0.2, 0) is 69.9 Å². The molecule has 11 heteroatoms. The third kappa shape index (κ3) is 15.3. The molecule has 0 amide bonds. The number of phenols is 1. The molecule has 9 aromatic carbocycles. The lowest BCUT2D eigenvalue weighted by Crippen LogP contribution is -2.58. The van der Waals surface area contributed by atoms with E-state index in [-0.39, 0.29) is 68.9 Å². The molecule has 416 valence electrons. The van der Waals surface area contributed by atoms with E-state index >= 15 is 4.79 Å². The molecule has 5 atom stereocenters. The molecule has 1 aliphatic heterocycles. The molecule has 0 unspecified atom stereocenters. The maximum absolute atomic E-state index is 15.2. The summed E-state index contributed by atoms with van der Waals surface area (Å²) in [6.45, 7) is 1.60. The molecule has 0 spiro atoms. The minimum atomic E-state index is -1.15. The van der Waals surface area contributed by atoms with E-state index in [1.807, 2.05) is 231 Å². The van der Waals surface area contributed by atoms with Crippen molar-refractivity contribution in [3.63, 3.8) is 0 Å². The van der Waals surface area contributed by atoms with Gasteiger partial charge < -0.3 is 47.7 Å². The molecule has 1 saturated heterocycles. The molecular formula is C71H66O11. The van der Waals surface area contributed by atoms with Gasteiger partial charge in [0.25, 0.3) is 0 Å². The van der Waals surface area contributed by atoms with E-state index < -0.39 is 42.1 Å². The number of hydrogen-bond donors (Lipinski definition) is 1. The summed E-state index contributed by atoms with van der Waals surface area (Å²) in [6, 6.07) is 76.0. The Bertz CT molecular complexity index is 3400. The van der Waals surface area contributed by atoms with Crippen LogP contribution in [0, 0.1) is 0 Å². The summed E-state index contributed by atoms with van der Waals surface area (Å²) in [7, 11) is 1.50. The molecule has 1 N–H and O–H groups in total. The van der Waals surface area contributed by atoms with Crippen LogP contribution in [0.5, 0.6) is 28.7 Å². The van der Waals surface area contributed by atoms with Gasteiger partial charge in [0.05, 0.1) is 45.7 Å². The molecule has 1 heterocycles. The van der Waals surface area contributed by atoms with Gasteiger partial charge in [-0.05, 0) is 62.7 Å². The Morgan fingerprint density at radius 3 is 1.30 bits per heavy atom. The van der Waals surface area contributed by atoms with Crippen molar-refractivity contribution < 1.29 is 52.5 Å². The van der Waals surface area contributed by atoms with Crippen LogP contribution in [0.15, 0.2) is 243 Å². The van der Waals surface area contributed by atoms with Crippen molar-refractivity contribution in [1.82, 2.24) is 0 Å². The molecule has 82 heavy (non-hydrogen) atoms. The second-order valence-electron chi connectivity index (χ2n) is 19.8. The quantitative estimate of drug-likeness (QED) is 0.0391. The Labute approximate surface area is 479 Å². The zero-order chi connectivity index (χ0) is 56.1. The van der Waals surface area contributed by atoms with Crippen LogP contribution in [0.4, 0.5) is 0 Å². The van der Waals surface area contributed by atoms with Crippen LogP contribution >= 0.6 is 0 Å². The third-order valence-corrected chi connectivity index (χ3v) is 14.0. The van der Waals surface area contributed by atoms with Crippen molar-refractivity contribution >= 4 is 11.9 Å². The highest BCUT2D eigenvalue weighted by atomic mass is 16.6. The van der Waals surface area contributed by atoms with Gasteiger partial charge in [-0.25, -0.2) is 0 Å². The molecule has 0 saturated carbocycles.